The van der Waals surface area contributed by atoms with Gasteiger partial charge in [0.1, 0.15) is 0 Å². The number of carbonyl (C=O) groups is 3. The van der Waals surface area contributed by atoms with Crippen molar-refractivity contribution in [2.75, 3.05) is 5.32 Å². The van der Waals surface area contributed by atoms with Gasteiger partial charge in [-0.2, -0.15) is 0 Å². The largest absolute Gasteiger partial charge is 0.452 e. The molecule has 2 rings (SSSR count). The highest BCUT2D eigenvalue weighted by molar-refractivity contribution is 6.31. The summed E-state index contributed by atoms with van der Waals surface area (Å²) in [7, 11) is 0. The van der Waals surface area contributed by atoms with E-state index in [-0.39, 0.29) is 6.42 Å². The molecular weight excluding hydrogens is 382 g/mol. The van der Waals surface area contributed by atoms with Crippen molar-refractivity contribution < 1.29 is 19.1 Å². The summed E-state index contributed by atoms with van der Waals surface area (Å²) in [5.74, 6) is -1.14. The minimum Gasteiger partial charge on any atom is -0.452 e. The van der Waals surface area contributed by atoms with Gasteiger partial charge in [-0.3, -0.25) is 9.59 Å². The molecule has 8 heteroatoms. The van der Waals surface area contributed by atoms with Crippen LogP contribution in [0.5, 0.6) is 0 Å². The van der Waals surface area contributed by atoms with E-state index in [1.54, 1.807) is 36.4 Å². The molecule has 148 valence electrons. The van der Waals surface area contributed by atoms with E-state index in [2.05, 4.69) is 10.6 Å². The summed E-state index contributed by atoms with van der Waals surface area (Å²) in [4.78, 5) is 35.8. The lowest BCUT2D eigenvalue weighted by Gasteiger charge is -2.20. The van der Waals surface area contributed by atoms with Crippen LogP contribution in [0.4, 0.5) is 10.5 Å². The van der Waals surface area contributed by atoms with Gasteiger partial charge in [-0.1, -0.05) is 47.5 Å². The molecule has 0 aromatic heterocycles. The zero-order chi connectivity index (χ0) is 20.7. The lowest BCUT2D eigenvalue weighted by molar-refractivity contribution is -0.153. The van der Waals surface area contributed by atoms with E-state index in [1.165, 1.54) is 6.92 Å². The van der Waals surface area contributed by atoms with E-state index in [1.807, 2.05) is 19.1 Å². The Kier molecular flexibility index (Phi) is 7.40. The number of hydrogen-bond acceptors (Lipinski definition) is 4. The first kappa shape index (κ1) is 21.2. The number of urea groups is 1. The average Bonchev–Trinajstić information content (AvgIpc) is 2.63. The topological polar surface area (TPSA) is 111 Å². The molecule has 0 bridgehead atoms. The summed E-state index contributed by atoms with van der Waals surface area (Å²) in [6, 6.07) is 12.4. The van der Waals surface area contributed by atoms with E-state index in [4.69, 9.17) is 22.1 Å². The van der Waals surface area contributed by atoms with Crippen LogP contribution in [0.2, 0.25) is 5.02 Å². The zero-order valence-electron chi connectivity index (χ0n) is 15.6. The molecule has 0 heterocycles. The number of ether oxygens (including phenoxy) is 1. The molecular formula is C20H22ClN3O4. The number of carbonyl (C=O) groups excluding carboxylic acids is 3. The molecule has 3 amide bonds. The Balaban J connectivity index is 1.99. The van der Waals surface area contributed by atoms with Gasteiger partial charge in [0.05, 0.1) is 12.5 Å². The second kappa shape index (κ2) is 9.75. The van der Waals surface area contributed by atoms with Crippen LogP contribution in [0.3, 0.4) is 0 Å². The predicted octanol–water partition coefficient (Wildman–Crippen LogP) is 3.32. The highest BCUT2D eigenvalue weighted by atomic mass is 35.5. The van der Waals surface area contributed by atoms with Crippen molar-refractivity contribution >= 4 is 35.2 Å². The van der Waals surface area contributed by atoms with Crippen molar-refractivity contribution in [3.05, 3.63) is 64.7 Å². The number of rotatable bonds is 7. The number of primary amides is 1. The van der Waals surface area contributed by atoms with Crippen LogP contribution in [0, 0.1) is 6.92 Å². The fourth-order valence-corrected chi connectivity index (χ4v) is 2.78. The third kappa shape index (κ3) is 6.28. The molecule has 0 aliphatic heterocycles. The monoisotopic (exact) mass is 403 g/mol. The van der Waals surface area contributed by atoms with Crippen LogP contribution in [-0.2, 0) is 14.3 Å². The van der Waals surface area contributed by atoms with Gasteiger partial charge in [0.2, 0.25) is 0 Å². The first-order chi connectivity index (χ1) is 13.3. The number of halogens is 1. The van der Waals surface area contributed by atoms with Gasteiger partial charge >= 0.3 is 12.0 Å². The number of nitrogens with two attached hydrogens (primary N) is 1. The smallest absolute Gasteiger partial charge is 0.312 e. The molecule has 28 heavy (non-hydrogen) atoms. The normalized spacial score (nSPS) is 12.5. The Morgan fingerprint density at radius 3 is 2.36 bits per heavy atom. The van der Waals surface area contributed by atoms with Crippen molar-refractivity contribution in [2.24, 2.45) is 5.73 Å². The van der Waals surface area contributed by atoms with Crippen LogP contribution in [0.15, 0.2) is 48.5 Å². The van der Waals surface area contributed by atoms with E-state index in [0.29, 0.717) is 16.3 Å². The fourth-order valence-electron chi connectivity index (χ4n) is 2.51. The highest BCUT2D eigenvalue weighted by Gasteiger charge is 2.24. The van der Waals surface area contributed by atoms with Crippen molar-refractivity contribution in [1.29, 1.82) is 0 Å². The van der Waals surface area contributed by atoms with Crippen LogP contribution < -0.4 is 16.4 Å². The van der Waals surface area contributed by atoms with Crippen molar-refractivity contribution in [3.8, 4) is 0 Å². The Hall–Kier alpha value is -3.06. The Labute approximate surface area is 168 Å². The highest BCUT2D eigenvalue weighted by Crippen LogP contribution is 2.25. The number of esters is 1. The summed E-state index contributed by atoms with van der Waals surface area (Å²) < 4.78 is 5.20. The SMILES string of the molecule is Cc1ccc(NC(=O)[C@H](C)OC(=O)C[C@H](NC(N)=O)c2ccccc2Cl)cc1. The third-order valence-corrected chi connectivity index (χ3v) is 4.31. The van der Waals surface area contributed by atoms with Crippen LogP contribution >= 0.6 is 11.6 Å². The van der Waals surface area contributed by atoms with Crippen molar-refractivity contribution in [2.45, 2.75) is 32.4 Å². The molecule has 0 aliphatic rings. The molecule has 0 radical (unpaired) electrons. The summed E-state index contributed by atoms with van der Waals surface area (Å²) in [6.07, 6.45) is -1.25. The lowest BCUT2D eigenvalue weighted by atomic mass is 10.0. The maximum absolute atomic E-state index is 12.3. The first-order valence-corrected chi connectivity index (χ1v) is 9.01. The van der Waals surface area contributed by atoms with Crippen molar-refractivity contribution in [3.63, 3.8) is 0 Å². The standard InChI is InChI=1S/C20H22ClN3O4/c1-12-7-9-14(10-8-12)23-19(26)13(2)28-18(25)11-17(24-20(22)27)15-5-3-4-6-16(15)21/h3-10,13,17H,11H2,1-2H3,(H,23,26)(H3,22,24,27)/t13-,17-/m0/s1. The predicted molar refractivity (Wildman–Crippen MR) is 107 cm³/mol. The second-order valence-electron chi connectivity index (χ2n) is 6.27. The molecule has 0 saturated heterocycles. The van der Waals surface area contributed by atoms with E-state index in [0.717, 1.165) is 5.56 Å². The number of hydrogen-bond donors (Lipinski definition) is 3. The van der Waals surface area contributed by atoms with Gasteiger partial charge in [0, 0.05) is 10.7 Å². The molecule has 2 aromatic rings. The minimum atomic E-state index is -1.02. The second-order valence-corrected chi connectivity index (χ2v) is 6.68. The molecule has 0 aliphatic carbocycles. The van der Waals surface area contributed by atoms with Gasteiger partial charge in [-0.15, -0.1) is 0 Å². The molecule has 4 N–H and O–H groups in total. The van der Waals surface area contributed by atoms with Crippen LogP contribution in [0.1, 0.15) is 30.5 Å². The Bertz CT molecular complexity index is 855. The molecule has 0 fully saturated rings. The van der Waals surface area contributed by atoms with E-state index < -0.39 is 30.1 Å². The molecule has 0 spiro atoms. The van der Waals surface area contributed by atoms with Gasteiger partial charge in [-0.05, 0) is 37.6 Å². The number of benzene rings is 2. The molecule has 7 nitrogen and oxygen atoms in total. The van der Waals surface area contributed by atoms with Gasteiger partial charge in [-0.25, -0.2) is 4.79 Å². The Morgan fingerprint density at radius 1 is 1.11 bits per heavy atom. The number of nitrogens with one attached hydrogen (secondary N) is 2. The number of aryl methyl sites for hydroxylation is 1. The van der Waals surface area contributed by atoms with Crippen LogP contribution in [0.25, 0.3) is 0 Å². The Morgan fingerprint density at radius 2 is 1.75 bits per heavy atom. The summed E-state index contributed by atoms with van der Waals surface area (Å²) in [5.41, 5.74) is 7.38. The van der Waals surface area contributed by atoms with Gasteiger partial charge in [0.15, 0.2) is 6.10 Å². The molecule has 0 unspecified atom stereocenters. The maximum atomic E-state index is 12.3. The van der Waals surface area contributed by atoms with Gasteiger partial charge < -0.3 is 21.1 Å². The number of anilines is 1. The maximum Gasteiger partial charge on any atom is 0.312 e. The van der Waals surface area contributed by atoms with E-state index >= 15 is 0 Å². The van der Waals surface area contributed by atoms with E-state index in [9.17, 15) is 14.4 Å². The molecule has 2 aromatic carbocycles. The zero-order valence-corrected chi connectivity index (χ0v) is 16.3. The lowest BCUT2D eigenvalue weighted by Crippen LogP contribution is -2.36. The van der Waals surface area contributed by atoms with Crippen LogP contribution in [-0.4, -0.2) is 24.0 Å². The quantitative estimate of drug-likeness (QED) is 0.616. The summed E-state index contributed by atoms with van der Waals surface area (Å²) in [6.45, 7) is 3.40. The summed E-state index contributed by atoms with van der Waals surface area (Å²) in [5, 5.41) is 5.52. The number of amides is 3. The first-order valence-electron chi connectivity index (χ1n) is 8.63. The van der Waals surface area contributed by atoms with Gasteiger partial charge in [0.25, 0.3) is 5.91 Å². The summed E-state index contributed by atoms with van der Waals surface area (Å²) >= 11 is 6.14. The fraction of sp³-hybridized carbons (Fsp3) is 0.250. The average molecular weight is 404 g/mol. The molecule has 2 atom stereocenters. The van der Waals surface area contributed by atoms with Crippen molar-refractivity contribution in [1.82, 2.24) is 5.32 Å². The minimum absolute atomic E-state index is 0.227. The third-order valence-electron chi connectivity index (χ3n) is 3.96. The molecule has 0 saturated carbocycles.